The minimum atomic E-state index is -5.35. The van der Waals surface area contributed by atoms with E-state index in [4.69, 9.17) is 38.4 Å². The number of amides is 2. The molecule has 4 N–H and O–H groups in total. The van der Waals surface area contributed by atoms with Crippen LogP contribution in [0.25, 0.3) is 22.2 Å². The number of hydrogen-bond acceptors (Lipinski definition) is 7. The van der Waals surface area contributed by atoms with E-state index in [2.05, 4.69) is 15.4 Å². The summed E-state index contributed by atoms with van der Waals surface area (Å²) in [6.45, 7) is -0.228. The first-order chi connectivity index (χ1) is 21.2. The standard InChI is InChI=1S/C30H26Cl2F3N5O5/c1-28(27(36)42)13-45-25-19(28)10-22(38-24(25)18-9-16(31)3-6-20(18)32)29(43,30(33,34)35)12-37-26(41)14-7-15-11-40(17-4-5-17)39-23(15)21(8-14)44-2/h3,6-11,17,43H,4-5,12-13H2,1-2H3,(H2,36,42)(H,37,41)/t28-,29?/m0/s1. The number of rotatable bonds is 8. The minimum Gasteiger partial charge on any atom is -0.494 e. The van der Waals surface area contributed by atoms with Gasteiger partial charge in [0.15, 0.2) is 0 Å². The van der Waals surface area contributed by atoms with Crippen LogP contribution in [-0.2, 0) is 15.8 Å². The lowest BCUT2D eigenvalue weighted by Gasteiger charge is -2.31. The van der Waals surface area contributed by atoms with Crippen molar-refractivity contribution in [3.8, 4) is 22.8 Å². The van der Waals surface area contributed by atoms with Gasteiger partial charge in [-0.05, 0) is 56.2 Å². The molecule has 1 fully saturated rings. The third-order valence-electron chi connectivity index (χ3n) is 8.19. The molecule has 0 spiro atoms. The molecule has 2 amide bonds. The molecule has 0 radical (unpaired) electrons. The zero-order valence-corrected chi connectivity index (χ0v) is 25.3. The number of benzene rings is 2. The molecule has 0 bridgehead atoms. The van der Waals surface area contributed by atoms with E-state index in [1.54, 1.807) is 10.9 Å². The van der Waals surface area contributed by atoms with E-state index in [9.17, 15) is 27.9 Å². The van der Waals surface area contributed by atoms with Crippen LogP contribution >= 0.6 is 23.2 Å². The number of aliphatic hydroxyl groups is 1. The predicted octanol–water partition coefficient (Wildman–Crippen LogP) is 5.06. The van der Waals surface area contributed by atoms with Gasteiger partial charge in [0.05, 0.1) is 30.4 Å². The van der Waals surface area contributed by atoms with E-state index in [1.165, 1.54) is 44.4 Å². The number of nitrogens with two attached hydrogens (primary N) is 1. The molecule has 10 nitrogen and oxygen atoms in total. The second kappa shape index (κ2) is 10.8. The number of halogens is 5. The van der Waals surface area contributed by atoms with E-state index >= 15 is 0 Å². The normalized spacial score (nSPS) is 19.1. The molecule has 1 unspecified atom stereocenters. The molecule has 45 heavy (non-hydrogen) atoms. The van der Waals surface area contributed by atoms with Crippen LogP contribution in [0.1, 0.15) is 47.4 Å². The van der Waals surface area contributed by atoms with Gasteiger partial charge >= 0.3 is 6.18 Å². The third kappa shape index (κ3) is 5.22. The Bertz CT molecular complexity index is 1880. The summed E-state index contributed by atoms with van der Waals surface area (Å²) in [7, 11) is 1.39. The second-order valence-electron chi connectivity index (χ2n) is 11.3. The molecule has 1 aliphatic carbocycles. The van der Waals surface area contributed by atoms with Gasteiger partial charge in [0.25, 0.3) is 5.91 Å². The van der Waals surface area contributed by atoms with Crippen LogP contribution in [0.2, 0.25) is 10.0 Å². The number of primary amides is 1. The quantitative estimate of drug-likeness (QED) is 0.239. The minimum absolute atomic E-state index is 0.0118. The highest BCUT2D eigenvalue weighted by Crippen LogP contribution is 2.49. The molecular formula is C30H26Cl2F3N5O5. The fraction of sp³-hybridized carbons (Fsp3) is 0.333. The molecule has 236 valence electrons. The van der Waals surface area contributed by atoms with Crippen molar-refractivity contribution in [3.63, 3.8) is 0 Å². The highest BCUT2D eigenvalue weighted by molar-refractivity contribution is 6.35. The summed E-state index contributed by atoms with van der Waals surface area (Å²) in [5.74, 6) is -1.57. The Hall–Kier alpha value is -4.07. The lowest BCUT2D eigenvalue weighted by Crippen LogP contribution is -2.51. The van der Waals surface area contributed by atoms with Crippen molar-refractivity contribution in [1.82, 2.24) is 20.1 Å². The first-order valence-electron chi connectivity index (χ1n) is 13.7. The summed E-state index contributed by atoms with van der Waals surface area (Å²) in [6, 6.07) is 8.24. The number of nitrogens with zero attached hydrogens (tertiary/aromatic N) is 3. The number of alkyl halides is 3. The first-order valence-corrected chi connectivity index (χ1v) is 14.5. The molecule has 15 heteroatoms. The van der Waals surface area contributed by atoms with Crippen LogP contribution in [-0.4, -0.2) is 58.1 Å². The number of carbonyl (C=O) groups is 2. The van der Waals surface area contributed by atoms with E-state index in [-0.39, 0.29) is 56.6 Å². The lowest BCUT2D eigenvalue weighted by atomic mass is 9.81. The Morgan fingerprint density at radius 2 is 1.96 bits per heavy atom. The van der Waals surface area contributed by atoms with Gasteiger partial charge in [-0.25, -0.2) is 4.98 Å². The van der Waals surface area contributed by atoms with Gasteiger partial charge in [-0.3, -0.25) is 14.3 Å². The average Bonchev–Trinajstić information content (AvgIpc) is 3.66. The van der Waals surface area contributed by atoms with Crippen LogP contribution < -0.4 is 20.5 Å². The Morgan fingerprint density at radius 1 is 1.22 bits per heavy atom. The highest BCUT2D eigenvalue weighted by atomic mass is 35.5. The monoisotopic (exact) mass is 663 g/mol. The van der Waals surface area contributed by atoms with Crippen molar-refractivity contribution in [1.29, 1.82) is 0 Å². The number of hydrogen-bond donors (Lipinski definition) is 3. The largest absolute Gasteiger partial charge is 0.494 e. The van der Waals surface area contributed by atoms with E-state index in [0.717, 1.165) is 18.9 Å². The molecule has 2 aromatic carbocycles. The fourth-order valence-electron chi connectivity index (χ4n) is 5.24. The fourth-order valence-corrected chi connectivity index (χ4v) is 5.62. The first kappa shape index (κ1) is 30.9. The zero-order valence-electron chi connectivity index (χ0n) is 23.8. The van der Waals surface area contributed by atoms with Crippen molar-refractivity contribution in [2.24, 2.45) is 5.73 Å². The van der Waals surface area contributed by atoms with E-state index < -0.39 is 41.2 Å². The number of ether oxygens (including phenoxy) is 2. The van der Waals surface area contributed by atoms with E-state index in [1.807, 2.05) is 0 Å². The second-order valence-corrected chi connectivity index (χ2v) is 12.2. The highest BCUT2D eigenvalue weighted by Gasteiger charge is 2.57. The maximum atomic E-state index is 14.8. The molecule has 3 heterocycles. The van der Waals surface area contributed by atoms with Crippen molar-refractivity contribution in [2.75, 3.05) is 20.3 Å². The van der Waals surface area contributed by atoms with Gasteiger partial charge in [-0.15, -0.1) is 0 Å². The van der Waals surface area contributed by atoms with Crippen LogP contribution in [0.4, 0.5) is 13.2 Å². The van der Waals surface area contributed by atoms with Crippen LogP contribution in [0, 0.1) is 0 Å². The number of carbonyl (C=O) groups excluding carboxylic acids is 2. The van der Waals surface area contributed by atoms with Gasteiger partial charge in [0, 0.05) is 33.3 Å². The summed E-state index contributed by atoms with van der Waals surface area (Å²) in [5, 5.41) is 18.9. The van der Waals surface area contributed by atoms with Gasteiger partial charge < -0.3 is 25.6 Å². The summed E-state index contributed by atoms with van der Waals surface area (Å²) in [6.07, 6.45) is -1.68. The molecule has 1 saturated carbocycles. The van der Waals surface area contributed by atoms with Gasteiger partial charge in [-0.1, -0.05) is 23.2 Å². The summed E-state index contributed by atoms with van der Waals surface area (Å²) < 4.78 is 57.3. The summed E-state index contributed by atoms with van der Waals surface area (Å²) in [5.41, 5.74) is -0.237. The Morgan fingerprint density at radius 3 is 2.60 bits per heavy atom. The maximum absolute atomic E-state index is 14.8. The molecule has 0 saturated heterocycles. The molecule has 1 aliphatic heterocycles. The van der Waals surface area contributed by atoms with Crippen LogP contribution in [0.5, 0.6) is 11.5 Å². The van der Waals surface area contributed by atoms with Crippen LogP contribution in [0.3, 0.4) is 0 Å². The number of fused-ring (bicyclic) bond motifs is 2. The lowest BCUT2D eigenvalue weighted by molar-refractivity contribution is -0.265. The summed E-state index contributed by atoms with van der Waals surface area (Å²) in [4.78, 5) is 29.9. The Balaban J connectivity index is 1.42. The number of aromatic nitrogens is 3. The van der Waals surface area contributed by atoms with Crippen LogP contribution in [0.15, 0.2) is 42.6 Å². The van der Waals surface area contributed by atoms with Gasteiger partial charge in [0.1, 0.15) is 34.7 Å². The smallest absolute Gasteiger partial charge is 0.424 e. The summed E-state index contributed by atoms with van der Waals surface area (Å²) >= 11 is 12.5. The number of nitrogens with one attached hydrogen (secondary N) is 1. The number of pyridine rings is 1. The third-order valence-corrected chi connectivity index (χ3v) is 8.76. The molecule has 2 aromatic heterocycles. The Kier molecular flexibility index (Phi) is 7.41. The SMILES string of the molecule is COc1cc(C(=O)NCC(O)(c2cc3c(c(-c4cc(Cl)ccc4Cl)n2)OC[C@]3(C)C(N)=O)C(F)(F)F)cc2cn(C3CC3)nc12. The van der Waals surface area contributed by atoms with Crippen molar-refractivity contribution >= 4 is 45.9 Å². The molecule has 2 aliphatic rings. The molecule has 2 atom stereocenters. The number of methoxy groups -OCH3 is 1. The average molecular weight is 664 g/mol. The maximum Gasteiger partial charge on any atom is 0.424 e. The predicted molar refractivity (Wildman–Crippen MR) is 159 cm³/mol. The topological polar surface area (TPSA) is 142 Å². The van der Waals surface area contributed by atoms with Crippen molar-refractivity contribution in [2.45, 2.75) is 43.0 Å². The van der Waals surface area contributed by atoms with Crippen molar-refractivity contribution in [3.05, 3.63) is 69.5 Å². The van der Waals surface area contributed by atoms with E-state index in [0.29, 0.717) is 10.9 Å². The van der Waals surface area contributed by atoms with Gasteiger partial charge in [0.2, 0.25) is 11.5 Å². The Labute approximate surface area is 264 Å². The van der Waals surface area contributed by atoms with Crippen molar-refractivity contribution < 1.29 is 37.3 Å². The van der Waals surface area contributed by atoms with Gasteiger partial charge in [-0.2, -0.15) is 18.3 Å². The molecular weight excluding hydrogens is 638 g/mol. The molecule has 4 aromatic rings. The molecule has 6 rings (SSSR count). The zero-order chi connectivity index (χ0) is 32.5.